The van der Waals surface area contributed by atoms with Gasteiger partial charge in [0.25, 0.3) is 0 Å². The van der Waals surface area contributed by atoms with E-state index < -0.39 is 17.8 Å². The largest absolute Gasteiger partial charge is 0.445 e. The molecule has 27 heavy (non-hydrogen) atoms. The Balaban J connectivity index is 1.98. The molecule has 0 aliphatic carbocycles. The summed E-state index contributed by atoms with van der Waals surface area (Å²) in [4.78, 5) is 28.0. The number of hydrogen-bond acceptors (Lipinski definition) is 5. The van der Waals surface area contributed by atoms with Crippen LogP contribution in [0.4, 0.5) is 9.59 Å². The lowest BCUT2D eigenvalue weighted by atomic mass is 10.0. The van der Waals surface area contributed by atoms with Gasteiger partial charge in [-0.05, 0) is 32.8 Å². The van der Waals surface area contributed by atoms with Crippen LogP contribution in [-0.2, 0) is 20.8 Å². The van der Waals surface area contributed by atoms with E-state index in [1.165, 1.54) is 4.90 Å². The van der Waals surface area contributed by atoms with Crippen LogP contribution < -0.4 is 0 Å². The van der Waals surface area contributed by atoms with Crippen LogP contribution in [0.1, 0.15) is 32.8 Å². The Hall–Kier alpha value is -2.28. The van der Waals surface area contributed by atoms with Crippen LogP contribution in [0.15, 0.2) is 30.3 Å². The minimum atomic E-state index is -0.586. The molecule has 0 bridgehead atoms. The normalized spacial score (nSPS) is 20.1. The van der Waals surface area contributed by atoms with E-state index in [-0.39, 0.29) is 18.8 Å². The number of hydrogen-bond donors (Lipinski definition) is 0. The zero-order valence-corrected chi connectivity index (χ0v) is 16.8. The van der Waals surface area contributed by atoms with Crippen molar-refractivity contribution in [2.75, 3.05) is 27.2 Å². The topological polar surface area (TPSA) is 68.3 Å². The van der Waals surface area contributed by atoms with Crippen LogP contribution >= 0.6 is 0 Å². The van der Waals surface area contributed by atoms with Crippen molar-refractivity contribution in [3.8, 4) is 0 Å². The summed E-state index contributed by atoms with van der Waals surface area (Å²) < 4.78 is 16.4. The number of carbonyl (C=O) groups is 2. The maximum Gasteiger partial charge on any atom is 0.410 e. The van der Waals surface area contributed by atoms with Crippen molar-refractivity contribution in [1.29, 1.82) is 0 Å². The number of benzene rings is 1. The quantitative estimate of drug-likeness (QED) is 0.804. The summed E-state index contributed by atoms with van der Waals surface area (Å²) in [6, 6.07) is 9.23. The maximum atomic E-state index is 12.5. The fourth-order valence-corrected chi connectivity index (χ4v) is 3.00. The third-order valence-electron chi connectivity index (χ3n) is 4.47. The van der Waals surface area contributed by atoms with E-state index in [0.717, 1.165) is 5.56 Å². The van der Waals surface area contributed by atoms with E-state index in [1.807, 2.05) is 51.1 Å². The summed E-state index contributed by atoms with van der Waals surface area (Å²) in [5.74, 6) is 0. The minimum absolute atomic E-state index is 0.166. The molecule has 1 fully saturated rings. The molecule has 7 heteroatoms. The van der Waals surface area contributed by atoms with Crippen LogP contribution in [0, 0.1) is 0 Å². The summed E-state index contributed by atoms with van der Waals surface area (Å²) in [7, 11) is 3.29. The van der Waals surface area contributed by atoms with E-state index in [2.05, 4.69) is 0 Å². The van der Waals surface area contributed by atoms with Crippen molar-refractivity contribution in [3.63, 3.8) is 0 Å². The predicted octanol–water partition coefficient (Wildman–Crippen LogP) is 3.28. The first kappa shape index (κ1) is 21.0. The molecule has 2 atom stereocenters. The van der Waals surface area contributed by atoms with Crippen LogP contribution in [0.5, 0.6) is 0 Å². The number of likely N-dealkylation sites (N-methyl/N-ethyl adjacent to an activating group) is 1. The zero-order chi connectivity index (χ0) is 20.0. The smallest absolute Gasteiger partial charge is 0.410 e. The van der Waals surface area contributed by atoms with Crippen molar-refractivity contribution >= 4 is 12.2 Å². The van der Waals surface area contributed by atoms with Crippen molar-refractivity contribution in [2.45, 2.75) is 51.5 Å². The summed E-state index contributed by atoms with van der Waals surface area (Å²) in [6.45, 7) is 6.53. The van der Waals surface area contributed by atoms with E-state index in [4.69, 9.17) is 14.2 Å². The molecular weight excluding hydrogens is 348 g/mol. The highest BCUT2D eigenvalue weighted by molar-refractivity contribution is 5.70. The Morgan fingerprint density at radius 1 is 1.22 bits per heavy atom. The monoisotopic (exact) mass is 378 g/mol. The fourth-order valence-electron chi connectivity index (χ4n) is 3.00. The first-order valence-electron chi connectivity index (χ1n) is 9.15. The molecule has 0 spiro atoms. The molecule has 1 aliphatic rings. The van der Waals surface area contributed by atoms with Gasteiger partial charge in [0.05, 0.1) is 12.1 Å². The number of likely N-dealkylation sites (tertiary alicyclic amines) is 1. The van der Waals surface area contributed by atoms with E-state index in [9.17, 15) is 9.59 Å². The van der Waals surface area contributed by atoms with Crippen LogP contribution in [0.3, 0.4) is 0 Å². The van der Waals surface area contributed by atoms with E-state index in [0.29, 0.717) is 19.5 Å². The lowest BCUT2D eigenvalue weighted by molar-refractivity contribution is -0.0392. The first-order chi connectivity index (χ1) is 12.7. The van der Waals surface area contributed by atoms with Gasteiger partial charge in [-0.25, -0.2) is 9.59 Å². The summed E-state index contributed by atoms with van der Waals surface area (Å²) in [5, 5.41) is 0. The van der Waals surface area contributed by atoms with Crippen molar-refractivity contribution in [1.82, 2.24) is 9.80 Å². The van der Waals surface area contributed by atoms with Gasteiger partial charge in [-0.2, -0.15) is 0 Å². The molecule has 0 aromatic heterocycles. The second-order valence-electron chi connectivity index (χ2n) is 7.71. The Bertz CT molecular complexity index is 629. The molecule has 0 radical (unpaired) electrons. The molecule has 0 saturated carbocycles. The van der Waals surface area contributed by atoms with E-state index >= 15 is 0 Å². The lowest BCUT2D eigenvalue weighted by Gasteiger charge is -2.41. The molecule has 1 saturated heterocycles. The summed E-state index contributed by atoms with van der Waals surface area (Å²) >= 11 is 0. The molecule has 1 unspecified atom stereocenters. The lowest BCUT2D eigenvalue weighted by Crippen LogP contribution is -2.57. The second kappa shape index (κ2) is 9.08. The molecule has 1 aromatic carbocycles. The molecule has 7 nitrogen and oxygen atoms in total. The van der Waals surface area contributed by atoms with Crippen molar-refractivity contribution in [3.05, 3.63) is 35.9 Å². The SMILES string of the molecule is COC1CCN(C(=O)OCc2ccccc2)C[C@H]1N(C)C(=O)OC(C)(C)C. The van der Waals surface area contributed by atoms with Gasteiger partial charge < -0.3 is 24.0 Å². The highest BCUT2D eigenvalue weighted by atomic mass is 16.6. The Labute approximate surface area is 161 Å². The van der Waals surface area contributed by atoms with Crippen LogP contribution in [0.2, 0.25) is 0 Å². The molecular formula is C20H30N2O5. The Morgan fingerprint density at radius 2 is 1.89 bits per heavy atom. The molecule has 1 aromatic rings. The number of nitrogens with zero attached hydrogens (tertiary/aromatic N) is 2. The third kappa shape index (κ3) is 6.13. The average molecular weight is 378 g/mol. The maximum absolute atomic E-state index is 12.5. The zero-order valence-electron chi connectivity index (χ0n) is 16.8. The van der Waals surface area contributed by atoms with Gasteiger partial charge in [-0.1, -0.05) is 30.3 Å². The van der Waals surface area contributed by atoms with Gasteiger partial charge in [0.15, 0.2) is 0 Å². The van der Waals surface area contributed by atoms with Gasteiger partial charge >= 0.3 is 12.2 Å². The second-order valence-corrected chi connectivity index (χ2v) is 7.71. The number of carbonyl (C=O) groups excluding carboxylic acids is 2. The van der Waals surface area contributed by atoms with Gasteiger partial charge in [0.1, 0.15) is 12.2 Å². The van der Waals surface area contributed by atoms with Crippen molar-refractivity contribution in [2.24, 2.45) is 0 Å². The highest BCUT2D eigenvalue weighted by Gasteiger charge is 2.37. The summed E-state index contributed by atoms with van der Waals surface area (Å²) in [6.07, 6.45) is -0.375. The van der Waals surface area contributed by atoms with Gasteiger partial charge in [-0.3, -0.25) is 0 Å². The molecule has 2 rings (SSSR count). The fraction of sp³-hybridized carbons (Fsp3) is 0.600. The number of ether oxygens (including phenoxy) is 3. The third-order valence-corrected chi connectivity index (χ3v) is 4.47. The van der Waals surface area contributed by atoms with Crippen LogP contribution in [-0.4, -0.2) is 67.0 Å². The first-order valence-corrected chi connectivity index (χ1v) is 9.15. The highest BCUT2D eigenvalue weighted by Crippen LogP contribution is 2.21. The predicted molar refractivity (Wildman–Crippen MR) is 101 cm³/mol. The van der Waals surface area contributed by atoms with Crippen molar-refractivity contribution < 1.29 is 23.8 Å². The molecule has 0 N–H and O–H groups in total. The van der Waals surface area contributed by atoms with E-state index in [1.54, 1.807) is 19.1 Å². The average Bonchev–Trinajstić information content (AvgIpc) is 2.64. The standard InChI is InChI=1S/C20H30N2O5/c1-20(2,3)27-18(23)21(4)16-13-22(12-11-17(16)25-5)19(24)26-14-15-9-7-6-8-10-15/h6-10,16-17H,11-14H2,1-5H3/t16-,17?/m1/s1. The molecule has 2 amide bonds. The summed E-state index contributed by atoms with van der Waals surface area (Å²) in [5.41, 5.74) is 0.344. The number of rotatable bonds is 4. The molecule has 1 heterocycles. The Kier molecular flexibility index (Phi) is 7.07. The number of piperidine rings is 1. The van der Waals surface area contributed by atoms with Gasteiger partial charge in [0.2, 0.25) is 0 Å². The molecule has 150 valence electrons. The molecule has 1 aliphatic heterocycles. The number of methoxy groups -OCH3 is 1. The van der Waals surface area contributed by atoms with Crippen LogP contribution in [0.25, 0.3) is 0 Å². The van der Waals surface area contributed by atoms with Gasteiger partial charge in [0, 0.05) is 27.2 Å². The minimum Gasteiger partial charge on any atom is -0.445 e. The van der Waals surface area contributed by atoms with Gasteiger partial charge in [-0.15, -0.1) is 0 Å². The Morgan fingerprint density at radius 3 is 2.48 bits per heavy atom. The number of amides is 2.